The SMILES string of the molecule is CCNC(=O)c1ccc(NC(=O)c2ccc([N+](=O)[O-])cc2)cc1. The first-order valence-corrected chi connectivity index (χ1v) is 6.95. The molecular weight excluding hydrogens is 298 g/mol. The molecule has 0 aromatic heterocycles. The molecule has 2 amide bonds. The number of carbonyl (C=O) groups excluding carboxylic acids is 2. The number of non-ortho nitro benzene ring substituents is 1. The van der Waals surface area contributed by atoms with Gasteiger partial charge in [-0.05, 0) is 43.3 Å². The van der Waals surface area contributed by atoms with E-state index in [0.717, 1.165) is 0 Å². The minimum absolute atomic E-state index is 0.0761. The third-order valence-electron chi connectivity index (χ3n) is 3.08. The minimum Gasteiger partial charge on any atom is -0.352 e. The van der Waals surface area contributed by atoms with Gasteiger partial charge in [0.1, 0.15) is 0 Å². The predicted molar refractivity (Wildman–Crippen MR) is 85.5 cm³/mol. The topological polar surface area (TPSA) is 101 Å². The van der Waals surface area contributed by atoms with E-state index in [4.69, 9.17) is 0 Å². The molecule has 0 spiro atoms. The Hall–Kier alpha value is -3.22. The van der Waals surface area contributed by atoms with Crippen LogP contribution in [0.25, 0.3) is 0 Å². The highest BCUT2D eigenvalue weighted by Gasteiger charge is 2.10. The van der Waals surface area contributed by atoms with Crippen molar-refractivity contribution in [3.63, 3.8) is 0 Å². The Bertz CT molecular complexity index is 724. The summed E-state index contributed by atoms with van der Waals surface area (Å²) < 4.78 is 0. The van der Waals surface area contributed by atoms with Crippen molar-refractivity contribution in [1.82, 2.24) is 5.32 Å². The van der Waals surface area contributed by atoms with Crippen LogP contribution < -0.4 is 10.6 Å². The van der Waals surface area contributed by atoms with Crippen LogP contribution in [0.2, 0.25) is 0 Å². The summed E-state index contributed by atoms with van der Waals surface area (Å²) in [6, 6.07) is 11.8. The Kier molecular flexibility index (Phi) is 5.03. The molecule has 2 aromatic rings. The van der Waals surface area contributed by atoms with Crippen molar-refractivity contribution in [2.45, 2.75) is 6.92 Å². The lowest BCUT2D eigenvalue weighted by Crippen LogP contribution is -2.22. The van der Waals surface area contributed by atoms with Crippen molar-refractivity contribution in [2.75, 3.05) is 11.9 Å². The number of benzene rings is 2. The molecule has 2 N–H and O–H groups in total. The van der Waals surface area contributed by atoms with Gasteiger partial charge in [-0.1, -0.05) is 0 Å². The van der Waals surface area contributed by atoms with Crippen LogP contribution in [0.15, 0.2) is 48.5 Å². The van der Waals surface area contributed by atoms with E-state index in [0.29, 0.717) is 23.4 Å². The zero-order valence-corrected chi connectivity index (χ0v) is 12.4. The summed E-state index contributed by atoms with van der Waals surface area (Å²) >= 11 is 0. The summed E-state index contributed by atoms with van der Waals surface area (Å²) in [5.74, 6) is -0.564. The normalized spacial score (nSPS) is 9.96. The van der Waals surface area contributed by atoms with Gasteiger partial charge in [0.2, 0.25) is 0 Å². The predicted octanol–water partition coefficient (Wildman–Crippen LogP) is 2.60. The fraction of sp³-hybridized carbons (Fsp3) is 0.125. The van der Waals surface area contributed by atoms with Crippen LogP contribution in [0.1, 0.15) is 27.6 Å². The molecule has 23 heavy (non-hydrogen) atoms. The summed E-state index contributed by atoms with van der Waals surface area (Å²) in [5.41, 5.74) is 1.26. The highest BCUT2D eigenvalue weighted by Crippen LogP contribution is 2.15. The molecule has 0 bridgehead atoms. The smallest absolute Gasteiger partial charge is 0.269 e. The van der Waals surface area contributed by atoms with Crippen molar-refractivity contribution >= 4 is 23.2 Å². The van der Waals surface area contributed by atoms with Gasteiger partial charge in [0.15, 0.2) is 0 Å². The number of nitro benzene ring substituents is 1. The van der Waals surface area contributed by atoms with E-state index in [9.17, 15) is 19.7 Å². The first-order valence-electron chi connectivity index (χ1n) is 6.95. The van der Waals surface area contributed by atoms with Gasteiger partial charge in [0.05, 0.1) is 4.92 Å². The molecule has 0 atom stereocenters. The van der Waals surface area contributed by atoms with E-state index < -0.39 is 4.92 Å². The number of nitrogens with one attached hydrogen (secondary N) is 2. The van der Waals surface area contributed by atoms with Crippen LogP contribution in [-0.4, -0.2) is 23.3 Å². The van der Waals surface area contributed by atoms with Crippen LogP contribution in [-0.2, 0) is 0 Å². The molecule has 0 aliphatic heterocycles. The van der Waals surface area contributed by atoms with E-state index in [2.05, 4.69) is 10.6 Å². The summed E-state index contributed by atoms with van der Waals surface area (Å²) in [5, 5.41) is 15.9. The molecule has 7 heteroatoms. The Balaban J connectivity index is 2.05. The molecule has 7 nitrogen and oxygen atoms in total. The number of rotatable bonds is 5. The number of hydrogen-bond acceptors (Lipinski definition) is 4. The fourth-order valence-corrected chi connectivity index (χ4v) is 1.91. The molecule has 118 valence electrons. The first-order chi connectivity index (χ1) is 11.0. The Morgan fingerprint density at radius 3 is 2.00 bits per heavy atom. The number of hydrogen-bond donors (Lipinski definition) is 2. The zero-order chi connectivity index (χ0) is 16.8. The van der Waals surface area contributed by atoms with Crippen LogP contribution in [0.5, 0.6) is 0 Å². The second kappa shape index (κ2) is 7.17. The summed E-state index contributed by atoms with van der Waals surface area (Å²) in [6.45, 7) is 2.37. The van der Waals surface area contributed by atoms with Crippen LogP contribution >= 0.6 is 0 Å². The minimum atomic E-state index is -0.526. The fourth-order valence-electron chi connectivity index (χ4n) is 1.91. The monoisotopic (exact) mass is 313 g/mol. The van der Waals surface area contributed by atoms with E-state index in [1.807, 2.05) is 6.92 Å². The maximum absolute atomic E-state index is 12.1. The third-order valence-corrected chi connectivity index (χ3v) is 3.08. The summed E-state index contributed by atoms with van der Waals surface area (Å²) in [7, 11) is 0. The summed E-state index contributed by atoms with van der Waals surface area (Å²) in [4.78, 5) is 33.7. The standard InChI is InChI=1S/C16H15N3O4/c1-2-17-15(20)11-3-7-13(8-4-11)18-16(21)12-5-9-14(10-6-12)19(22)23/h3-10H,2H2,1H3,(H,17,20)(H,18,21). The van der Waals surface area contributed by atoms with E-state index in [1.54, 1.807) is 24.3 Å². The van der Waals surface area contributed by atoms with Crippen molar-refractivity contribution in [2.24, 2.45) is 0 Å². The average Bonchev–Trinajstić information content (AvgIpc) is 2.55. The van der Waals surface area contributed by atoms with Crippen LogP contribution in [0.4, 0.5) is 11.4 Å². The second-order valence-electron chi connectivity index (χ2n) is 4.69. The lowest BCUT2D eigenvalue weighted by Gasteiger charge is -2.07. The van der Waals surface area contributed by atoms with Gasteiger partial charge in [-0.2, -0.15) is 0 Å². The number of anilines is 1. The molecule has 0 fully saturated rings. The lowest BCUT2D eigenvalue weighted by molar-refractivity contribution is -0.384. The van der Waals surface area contributed by atoms with Gasteiger partial charge in [0.25, 0.3) is 17.5 Å². The van der Waals surface area contributed by atoms with Crippen molar-refractivity contribution in [3.8, 4) is 0 Å². The van der Waals surface area contributed by atoms with Crippen molar-refractivity contribution in [1.29, 1.82) is 0 Å². The van der Waals surface area contributed by atoms with Gasteiger partial charge in [0, 0.05) is 35.5 Å². The highest BCUT2D eigenvalue weighted by molar-refractivity contribution is 6.04. The lowest BCUT2D eigenvalue weighted by atomic mass is 10.1. The van der Waals surface area contributed by atoms with Crippen LogP contribution in [0, 0.1) is 10.1 Å². The van der Waals surface area contributed by atoms with Gasteiger partial charge in [-0.3, -0.25) is 19.7 Å². The molecule has 0 aliphatic rings. The zero-order valence-electron chi connectivity index (χ0n) is 12.4. The Morgan fingerprint density at radius 2 is 1.48 bits per heavy atom. The van der Waals surface area contributed by atoms with Crippen LogP contribution in [0.3, 0.4) is 0 Å². The molecule has 2 rings (SSSR count). The largest absolute Gasteiger partial charge is 0.352 e. The van der Waals surface area contributed by atoms with Gasteiger partial charge < -0.3 is 10.6 Å². The molecule has 0 aliphatic carbocycles. The van der Waals surface area contributed by atoms with Gasteiger partial charge in [-0.25, -0.2) is 0 Å². The number of nitro groups is 1. The van der Waals surface area contributed by atoms with E-state index >= 15 is 0 Å². The second-order valence-corrected chi connectivity index (χ2v) is 4.69. The molecule has 0 saturated heterocycles. The molecule has 0 radical (unpaired) electrons. The maximum atomic E-state index is 12.1. The first kappa shape index (κ1) is 16.2. The van der Waals surface area contributed by atoms with E-state index in [-0.39, 0.29) is 17.5 Å². The molecule has 0 saturated carbocycles. The van der Waals surface area contributed by atoms with E-state index in [1.165, 1.54) is 24.3 Å². The summed E-state index contributed by atoms with van der Waals surface area (Å²) in [6.07, 6.45) is 0. The maximum Gasteiger partial charge on any atom is 0.269 e. The molecule has 0 unspecified atom stereocenters. The molecule has 0 heterocycles. The third kappa shape index (κ3) is 4.13. The average molecular weight is 313 g/mol. The van der Waals surface area contributed by atoms with Crippen molar-refractivity contribution < 1.29 is 14.5 Å². The Labute approximate surface area is 132 Å². The number of carbonyl (C=O) groups is 2. The quantitative estimate of drug-likeness (QED) is 0.654. The number of amides is 2. The molecular formula is C16H15N3O4. The Morgan fingerprint density at radius 1 is 0.957 bits per heavy atom. The number of nitrogens with zero attached hydrogens (tertiary/aromatic N) is 1. The highest BCUT2D eigenvalue weighted by atomic mass is 16.6. The van der Waals surface area contributed by atoms with Crippen molar-refractivity contribution in [3.05, 3.63) is 69.8 Å². The molecule has 2 aromatic carbocycles. The van der Waals surface area contributed by atoms with Gasteiger partial charge >= 0.3 is 0 Å². The van der Waals surface area contributed by atoms with Gasteiger partial charge in [-0.15, -0.1) is 0 Å².